The lowest BCUT2D eigenvalue weighted by atomic mass is 9.99. The summed E-state index contributed by atoms with van der Waals surface area (Å²) in [5, 5.41) is 27.9. The zero-order valence-corrected chi connectivity index (χ0v) is 9.65. The Morgan fingerprint density at radius 2 is 1.88 bits per heavy atom. The van der Waals surface area contributed by atoms with Crippen LogP contribution in [0.15, 0.2) is 0 Å². The van der Waals surface area contributed by atoms with Crippen molar-refractivity contribution < 1.29 is 41.9 Å². The van der Waals surface area contributed by atoms with Crippen molar-refractivity contribution in [3.63, 3.8) is 0 Å². The molecule has 5 atom stereocenters. The lowest BCUT2D eigenvalue weighted by Gasteiger charge is -2.40. The van der Waals surface area contributed by atoms with Crippen molar-refractivity contribution >= 4 is 10.4 Å². The summed E-state index contributed by atoms with van der Waals surface area (Å²) in [4.78, 5) is 0. The second-order valence-corrected chi connectivity index (χ2v) is 4.48. The SMILES string of the molecule is CO[C@@H]1O[C@H](CO)[C@H](O)[C@H](O)[C@H]1OS(=O)(=O)O. The zero-order chi connectivity index (χ0) is 13.2. The standard InChI is InChI=1S/C7H14O9S/c1-14-7-6(16-17(11,12)13)5(10)4(9)3(2-8)15-7/h3-10H,2H2,1H3,(H,11,12,13)/t3-,4+,5+,6-,7-/m1/s1. The first-order valence-electron chi connectivity index (χ1n) is 4.61. The fraction of sp³-hybridized carbons (Fsp3) is 1.00. The van der Waals surface area contributed by atoms with E-state index in [0.717, 1.165) is 7.11 Å². The number of hydrogen-bond acceptors (Lipinski definition) is 8. The molecule has 1 fully saturated rings. The average Bonchev–Trinajstić information content (AvgIpc) is 2.24. The molecule has 102 valence electrons. The molecule has 0 saturated carbocycles. The van der Waals surface area contributed by atoms with Crippen LogP contribution < -0.4 is 0 Å². The molecule has 0 aromatic rings. The van der Waals surface area contributed by atoms with E-state index < -0.39 is 47.7 Å². The molecule has 1 rings (SSSR count). The molecule has 4 N–H and O–H groups in total. The molecule has 0 amide bonds. The second kappa shape index (κ2) is 5.54. The minimum Gasteiger partial charge on any atom is -0.394 e. The van der Waals surface area contributed by atoms with Crippen LogP contribution in [0.25, 0.3) is 0 Å². The number of hydrogen-bond donors (Lipinski definition) is 4. The van der Waals surface area contributed by atoms with Crippen LogP contribution >= 0.6 is 0 Å². The van der Waals surface area contributed by atoms with E-state index in [9.17, 15) is 18.6 Å². The number of rotatable bonds is 4. The number of methoxy groups -OCH3 is 1. The summed E-state index contributed by atoms with van der Waals surface area (Å²) in [6, 6.07) is 0. The van der Waals surface area contributed by atoms with E-state index in [-0.39, 0.29) is 0 Å². The monoisotopic (exact) mass is 274 g/mol. The van der Waals surface area contributed by atoms with E-state index in [0.29, 0.717) is 0 Å². The maximum atomic E-state index is 10.5. The first kappa shape index (κ1) is 14.7. The second-order valence-electron chi connectivity index (χ2n) is 3.43. The van der Waals surface area contributed by atoms with Gasteiger partial charge in [-0.05, 0) is 0 Å². The van der Waals surface area contributed by atoms with E-state index in [1.807, 2.05) is 0 Å². The Morgan fingerprint density at radius 3 is 2.29 bits per heavy atom. The molecule has 9 nitrogen and oxygen atoms in total. The molecule has 1 aliphatic rings. The summed E-state index contributed by atoms with van der Waals surface area (Å²) in [5.74, 6) is 0. The Morgan fingerprint density at radius 1 is 1.29 bits per heavy atom. The minimum atomic E-state index is -4.84. The van der Waals surface area contributed by atoms with Gasteiger partial charge in [-0.1, -0.05) is 0 Å². The van der Waals surface area contributed by atoms with Crippen molar-refractivity contribution in [2.24, 2.45) is 0 Å². The van der Waals surface area contributed by atoms with Gasteiger partial charge in [0.1, 0.15) is 18.3 Å². The first-order valence-corrected chi connectivity index (χ1v) is 5.97. The highest BCUT2D eigenvalue weighted by atomic mass is 32.3. The third kappa shape index (κ3) is 3.56. The van der Waals surface area contributed by atoms with Crippen LogP contribution in [0.4, 0.5) is 0 Å². The van der Waals surface area contributed by atoms with Gasteiger partial charge in [0.15, 0.2) is 12.4 Å². The minimum absolute atomic E-state index is 0.601. The van der Waals surface area contributed by atoms with Crippen LogP contribution in [0.5, 0.6) is 0 Å². The van der Waals surface area contributed by atoms with Crippen molar-refractivity contribution in [2.45, 2.75) is 30.7 Å². The summed E-state index contributed by atoms with van der Waals surface area (Å²) >= 11 is 0. The number of aliphatic hydroxyl groups excluding tert-OH is 3. The van der Waals surface area contributed by atoms with Crippen molar-refractivity contribution in [3.8, 4) is 0 Å². The quantitative estimate of drug-likeness (QED) is 0.401. The Kier molecular flexibility index (Phi) is 4.80. The average molecular weight is 274 g/mol. The van der Waals surface area contributed by atoms with Crippen molar-refractivity contribution in [1.82, 2.24) is 0 Å². The van der Waals surface area contributed by atoms with Gasteiger partial charge in [0.2, 0.25) is 0 Å². The molecule has 1 aliphatic heterocycles. The highest BCUT2D eigenvalue weighted by Crippen LogP contribution is 2.24. The fourth-order valence-electron chi connectivity index (χ4n) is 1.49. The zero-order valence-electron chi connectivity index (χ0n) is 8.83. The molecular weight excluding hydrogens is 260 g/mol. The van der Waals surface area contributed by atoms with Crippen molar-refractivity contribution in [3.05, 3.63) is 0 Å². The number of ether oxygens (including phenoxy) is 2. The van der Waals surface area contributed by atoms with Gasteiger partial charge in [-0.15, -0.1) is 0 Å². The molecule has 0 radical (unpaired) electrons. The fourth-order valence-corrected chi connectivity index (χ4v) is 1.97. The third-order valence-electron chi connectivity index (χ3n) is 2.29. The molecule has 1 saturated heterocycles. The molecule has 17 heavy (non-hydrogen) atoms. The molecule has 0 aromatic heterocycles. The summed E-state index contributed by atoms with van der Waals surface area (Å²) < 4.78 is 43.4. The van der Waals surface area contributed by atoms with E-state index in [1.165, 1.54) is 0 Å². The van der Waals surface area contributed by atoms with E-state index in [2.05, 4.69) is 4.18 Å². The maximum absolute atomic E-state index is 10.5. The van der Waals surface area contributed by atoms with Gasteiger partial charge in [0.05, 0.1) is 6.61 Å². The Hall–Kier alpha value is -0.330. The van der Waals surface area contributed by atoms with Crippen LogP contribution in [0.1, 0.15) is 0 Å². The predicted molar refractivity (Wildman–Crippen MR) is 51.2 cm³/mol. The Labute approximate surface area is 97.5 Å². The highest BCUT2D eigenvalue weighted by Gasteiger charge is 2.47. The highest BCUT2D eigenvalue weighted by molar-refractivity contribution is 7.80. The maximum Gasteiger partial charge on any atom is 0.397 e. The van der Waals surface area contributed by atoms with Gasteiger partial charge in [-0.3, -0.25) is 4.55 Å². The normalized spacial score (nSPS) is 39.2. The smallest absolute Gasteiger partial charge is 0.394 e. The molecule has 0 unspecified atom stereocenters. The van der Waals surface area contributed by atoms with Crippen LogP contribution in [0, 0.1) is 0 Å². The van der Waals surface area contributed by atoms with Gasteiger partial charge in [0.25, 0.3) is 0 Å². The molecule has 10 heteroatoms. The number of aliphatic hydroxyl groups is 3. The topological polar surface area (TPSA) is 143 Å². The van der Waals surface area contributed by atoms with Gasteiger partial charge in [0, 0.05) is 7.11 Å². The van der Waals surface area contributed by atoms with Crippen LogP contribution in [0.3, 0.4) is 0 Å². The molecule has 0 bridgehead atoms. The van der Waals surface area contributed by atoms with Crippen LogP contribution in [0.2, 0.25) is 0 Å². The van der Waals surface area contributed by atoms with E-state index in [1.54, 1.807) is 0 Å². The third-order valence-corrected chi connectivity index (χ3v) is 2.75. The molecule has 0 spiro atoms. The van der Waals surface area contributed by atoms with E-state index >= 15 is 0 Å². The van der Waals surface area contributed by atoms with Gasteiger partial charge >= 0.3 is 10.4 Å². The summed E-state index contributed by atoms with van der Waals surface area (Å²) in [6.07, 6.45) is -7.40. The van der Waals surface area contributed by atoms with Gasteiger partial charge in [-0.25, -0.2) is 4.18 Å². The largest absolute Gasteiger partial charge is 0.397 e. The predicted octanol–water partition coefficient (Wildman–Crippen LogP) is -2.74. The lowest BCUT2D eigenvalue weighted by molar-refractivity contribution is -0.288. The van der Waals surface area contributed by atoms with Crippen LogP contribution in [-0.4, -0.2) is 72.7 Å². The summed E-state index contributed by atoms with van der Waals surface area (Å²) in [5.41, 5.74) is 0. The Balaban J connectivity index is 2.87. The molecular formula is C7H14O9S. The molecule has 0 aromatic carbocycles. The molecule has 1 heterocycles. The summed E-state index contributed by atoms with van der Waals surface area (Å²) in [7, 11) is -3.70. The van der Waals surface area contributed by atoms with Crippen LogP contribution in [-0.2, 0) is 24.1 Å². The van der Waals surface area contributed by atoms with Gasteiger partial charge < -0.3 is 24.8 Å². The van der Waals surface area contributed by atoms with Crippen molar-refractivity contribution in [2.75, 3.05) is 13.7 Å². The first-order chi connectivity index (χ1) is 7.80. The van der Waals surface area contributed by atoms with Gasteiger partial charge in [-0.2, -0.15) is 8.42 Å². The summed E-state index contributed by atoms with van der Waals surface area (Å²) in [6.45, 7) is -0.601. The van der Waals surface area contributed by atoms with E-state index in [4.69, 9.17) is 19.1 Å². The van der Waals surface area contributed by atoms with Crippen molar-refractivity contribution in [1.29, 1.82) is 0 Å². The lowest BCUT2D eigenvalue weighted by Crippen LogP contribution is -2.60. The Bertz CT molecular complexity index is 339. The molecule has 0 aliphatic carbocycles.